The van der Waals surface area contributed by atoms with Crippen molar-refractivity contribution < 1.29 is 41.3 Å². The predicted molar refractivity (Wildman–Crippen MR) is 179 cm³/mol. The van der Waals surface area contributed by atoms with Crippen molar-refractivity contribution in [3.05, 3.63) is 83.9 Å². The number of ether oxygens (including phenoxy) is 5. The molecule has 1 aliphatic rings. The van der Waals surface area contributed by atoms with Crippen LogP contribution in [0.25, 0.3) is 0 Å². The second-order valence-corrected chi connectivity index (χ2v) is 20.1. The van der Waals surface area contributed by atoms with E-state index in [9.17, 15) is 4.79 Å². The average molecular weight is 671 g/mol. The van der Waals surface area contributed by atoms with E-state index < -0.39 is 47.0 Å². The van der Waals surface area contributed by atoms with E-state index in [0.29, 0.717) is 28.4 Å². The van der Waals surface area contributed by atoms with Crippen LogP contribution in [0.3, 0.4) is 0 Å². The number of esters is 1. The Morgan fingerprint density at radius 1 is 0.935 bits per heavy atom. The van der Waals surface area contributed by atoms with Crippen LogP contribution in [0, 0.1) is 5.92 Å². The standard InChI is InChI=1S/C35H46O9SSi/c1-24(36)44-33(25-16-12-10-13-17-25)35(45(37,38)27-18-14-11-15-19-27)23-42-31(28(35)22-43-46(8,9)34(2,3)4)26-20-29(39-5)32(41-7)30(21-26)40-6/h10-21,28,31,33H,22-23H2,1-9H3/t28-,31-,33-,35+/m1/s1. The molecule has 0 bridgehead atoms. The van der Waals surface area contributed by atoms with E-state index in [0.717, 1.165) is 0 Å². The van der Waals surface area contributed by atoms with Gasteiger partial charge in [-0.1, -0.05) is 69.3 Å². The summed E-state index contributed by atoms with van der Waals surface area (Å²) in [6, 6.07) is 20.7. The monoisotopic (exact) mass is 670 g/mol. The highest BCUT2D eigenvalue weighted by molar-refractivity contribution is 7.93. The van der Waals surface area contributed by atoms with Gasteiger partial charge in [0.05, 0.1) is 38.9 Å². The van der Waals surface area contributed by atoms with Crippen LogP contribution < -0.4 is 14.2 Å². The first kappa shape index (κ1) is 35.5. The quantitative estimate of drug-likeness (QED) is 0.150. The lowest BCUT2D eigenvalue weighted by molar-refractivity contribution is -0.149. The maximum atomic E-state index is 15.2. The normalized spacial score (nSPS) is 21.0. The van der Waals surface area contributed by atoms with Gasteiger partial charge in [-0.15, -0.1) is 0 Å². The summed E-state index contributed by atoms with van der Waals surface area (Å²) in [6.07, 6.45) is -2.05. The van der Waals surface area contributed by atoms with Gasteiger partial charge < -0.3 is 28.1 Å². The number of carbonyl (C=O) groups excluding carboxylic acids is 1. The third-order valence-corrected chi connectivity index (χ3v) is 16.3. The lowest BCUT2D eigenvalue weighted by Crippen LogP contribution is -2.54. The molecule has 0 aromatic heterocycles. The number of hydrogen-bond acceptors (Lipinski definition) is 9. The fraction of sp³-hybridized carbons (Fsp3) is 0.457. The highest BCUT2D eigenvalue weighted by atomic mass is 32.2. The summed E-state index contributed by atoms with van der Waals surface area (Å²) in [4.78, 5) is 12.9. The predicted octanol–water partition coefficient (Wildman–Crippen LogP) is 6.94. The minimum Gasteiger partial charge on any atom is -0.493 e. The summed E-state index contributed by atoms with van der Waals surface area (Å²) in [5, 5.41) is -0.163. The molecule has 0 aliphatic carbocycles. The molecule has 1 heterocycles. The van der Waals surface area contributed by atoms with Crippen LogP contribution in [0.4, 0.5) is 0 Å². The lowest BCUT2D eigenvalue weighted by atomic mass is 9.81. The molecular weight excluding hydrogens is 625 g/mol. The van der Waals surface area contributed by atoms with Gasteiger partial charge in [-0.25, -0.2) is 8.42 Å². The fourth-order valence-corrected chi connectivity index (χ4v) is 9.05. The molecule has 3 aromatic carbocycles. The van der Waals surface area contributed by atoms with Gasteiger partial charge >= 0.3 is 5.97 Å². The Hall–Kier alpha value is -3.38. The molecule has 0 spiro atoms. The first-order valence-corrected chi connectivity index (χ1v) is 19.6. The van der Waals surface area contributed by atoms with Gasteiger partial charge in [-0.05, 0) is 53.5 Å². The Bertz CT molecular complexity index is 1580. The van der Waals surface area contributed by atoms with E-state index >= 15 is 8.42 Å². The van der Waals surface area contributed by atoms with Gasteiger partial charge in [0.15, 0.2) is 29.7 Å². The van der Waals surface area contributed by atoms with Crippen LogP contribution in [-0.4, -0.2) is 62.0 Å². The number of sulfone groups is 1. The molecule has 4 atom stereocenters. The molecule has 0 radical (unpaired) electrons. The summed E-state index contributed by atoms with van der Waals surface area (Å²) < 4.78 is 65.0. The zero-order valence-electron chi connectivity index (χ0n) is 28.2. The molecule has 1 saturated heterocycles. The number of carbonyl (C=O) groups is 1. The zero-order valence-corrected chi connectivity index (χ0v) is 30.0. The van der Waals surface area contributed by atoms with Crippen LogP contribution in [0.2, 0.25) is 18.1 Å². The largest absolute Gasteiger partial charge is 0.493 e. The van der Waals surface area contributed by atoms with Gasteiger partial charge in [0.1, 0.15) is 10.9 Å². The minimum atomic E-state index is -4.28. The third kappa shape index (κ3) is 6.55. The molecule has 0 amide bonds. The van der Waals surface area contributed by atoms with Crippen molar-refractivity contribution in [3.63, 3.8) is 0 Å². The number of hydrogen-bond donors (Lipinski definition) is 0. The van der Waals surface area contributed by atoms with Gasteiger partial charge in [0.2, 0.25) is 5.75 Å². The van der Waals surface area contributed by atoms with Crippen molar-refractivity contribution in [2.24, 2.45) is 5.92 Å². The Labute approximate surface area is 274 Å². The molecule has 0 N–H and O–H groups in total. The van der Waals surface area contributed by atoms with Gasteiger partial charge in [-0.2, -0.15) is 0 Å². The Morgan fingerprint density at radius 3 is 1.96 bits per heavy atom. The second kappa shape index (κ2) is 13.8. The average Bonchev–Trinajstić information content (AvgIpc) is 3.42. The topological polar surface area (TPSA) is 107 Å². The zero-order chi connectivity index (χ0) is 33.9. The van der Waals surface area contributed by atoms with E-state index in [1.54, 1.807) is 66.7 Å². The van der Waals surface area contributed by atoms with E-state index in [4.69, 9.17) is 28.1 Å². The fourth-order valence-electron chi connectivity index (χ4n) is 5.79. The third-order valence-electron chi connectivity index (χ3n) is 9.31. The number of benzene rings is 3. The van der Waals surface area contributed by atoms with Gasteiger partial charge in [-0.3, -0.25) is 4.79 Å². The van der Waals surface area contributed by atoms with E-state index in [1.165, 1.54) is 28.3 Å². The van der Waals surface area contributed by atoms with Crippen LogP contribution >= 0.6 is 0 Å². The molecule has 4 rings (SSSR count). The van der Waals surface area contributed by atoms with Gasteiger partial charge in [0.25, 0.3) is 0 Å². The molecule has 0 unspecified atom stereocenters. The molecule has 250 valence electrons. The first-order valence-electron chi connectivity index (χ1n) is 15.2. The van der Waals surface area contributed by atoms with Crippen molar-refractivity contribution in [1.82, 2.24) is 0 Å². The SMILES string of the molecule is COc1cc([C@H]2OC[C@]([C@H](OC(C)=O)c3ccccc3)(S(=O)(=O)c3ccccc3)[C@@H]2CO[Si](C)(C)C(C)(C)C)cc(OC)c1OC. The number of rotatable bonds is 12. The molecular formula is C35H46O9SSi. The lowest BCUT2D eigenvalue weighted by Gasteiger charge is -2.43. The summed E-state index contributed by atoms with van der Waals surface area (Å²) >= 11 is 0. The molecule has 46 heavy (non-hydrogen) atoms. The first-order chi connectivity index (χ1) is 21.6. The minimum absolute atomic E-state index is 0.0223. The van der Waals surface area contributed by atoms with Crippen LogP contribution in [0.1, 0.15) is 51.0 Å². The van der Waals surface area contributed by atoms with Crippen molar-refractivity contribution in [2.75, 3.05) is 34.5 Å². The Kier molecular flexibility index (Phi) is 10.6. The molecule has 11 heteroatoms. The summed E-state index contributed by atoms with van der Waals surface area (Å²) in [5.74, 6) is -0.276. The maximum Gasteiger partial charge on any atom is 0.303 e. The van der Waals surface area contributed by atoms with Crippen molar-refractivity contribution in [1.29, 1.82) is 0 Å². The van der Waals surface area contributed by atoms with Crippen LogP contribution in [0.5, 0.6) is 17.2 Å². The molecule has 9 nitrogen and oxygen atoms in total. The summed E-state index contributed by atoms with van der Waals surface area (Å²) in [6.45, 7) is 11.6. The smallest absolute Gasteiger partial charge is 0.303 e. The Morgan fingerprint density at radius 2 is 1.48 bits per heavy atom. The van der Waals surface area contributed by atoms with Crippen molar-refractivity contribution in [3.8, 4) is 17.2 Å². The van der Waals surface area contributed by atoms with Gasteiger partial charge in [0, 0.05) is 19.4 Å². The number of methoxy groups -OCH3 is 3. The molecule has 1 fully saturated rings. The highest BCUT2D eigenvalue weighted by Crippen LogP contribution is 2.56. The van der Waals surface area contributed by atoms with E-state index in [1.807, 2.05) is 6.07 Å². The molecule has 3 aromatic rings. The van der Waals surface area contributed by atoms with Crippen molar-refractivity contribution >= 4 is 24.1 Å². The van der Waals surface area contributed by atoms with Crippen molar-refractivity contribution in [2.45, 2.75) is 67.7 Å². The van der Waals surface area contributed by atoms with Crippen LogP contribution in [0.15, 0.2) is 77.7 Å². The second-order valence-electron chi connectivity index (χ2n) is 13.0. The highest BCUT2D eigenvalue weighted by Gasteiger charge is 2.65. The summed E-state index contributed by atoms with van der Waals surface area (Å²) in [5.41, 5.74) is 1.14. The molecule has 1 aliphatic heterocycles. The summed E-state index contributed by atoms with van der Waals surface area (Å²) in [7, 11) is -2.16. The van der Waals surface area contributed by atoms with E-state index in [-0.39, 0.29) is 23.1 Å². The Balaban J connectivity index is 2.06. The van der Waals surface area contributed by atoms with E-state index in [2.05, 4.69) is 33.9 Å². The maximum absolute atomic E-state index is 15.2. The molecule has 0 saturated carbocycles. The van der Waals surface area contributed by atoms with Crippen LogP contribution in [-0.2, 0) is 28.5 Å².